The van der Waals surface area contributed by atoms with Gasteiger partial charge < -0.3 is 10.0 Å². The van der Waals surface area contributed by atoms with Crippen molar-refractivity contribution < 1.29 is 14.7 Å². The van der Waals surface area contributed by atoms with Crippen molar-refractivity contribution >= 4 is 11.9 Å². The molecule has 1 N–H and O–H groups in total. The summed E-state index contributed by atoms with van der Waals surface area (Å²) in [6.07, 6.45) is 8.30. The first-order valence-electron chi connectivity index (χ1n) is 8.91. The van der Waals surface area contributed by atoms with Crippen molar-refractivity contribution in [3.63, 3.8) is 0 Å². The number of carboxylic acids is 1. The van der Waals surface area contributed by atoms with Gasteiger partial charge >= 0.3 is 5.97 Å². The molecule has 0 spiro atoms. The number of rotatable bonds is 8. The molecular weight excluding hydrogens is 330 g/mol. The van der Waals surface area contributed by atoms with Crippen LogP contribution < -0.4 is 0 Å². The molecular formula is C20H23N3O3. The number of hydrogen-bond donors (Lipinski definition) is 1. The van der Waals surface area contributed by atoms with E-state index in [-0.39, 0.29) is 12.5 Å². The molecule has 1 amide bonds. The second-order valence-corrected chi connectivity index (χ2v) is 7.20. The molecule has 0 saturated carbocycles. The number of likely N-dealkylation sites (tertiary alicyclic amines) is 1. The van der Waals surface area contributed by atoms with E-state index in [0.29, 0.717) is 45.1 Å². The number of amides is 1. The van der Waals surface area contributed by atoms with Crippen LogP contribution in [0.3, 0.4) is 0 Å². The summed E-state index contributed by atoms with van der Waals surface area (Å²) in [5.74, 6) is 1.70. The predicted octanol–water partition coefficient (Wildman–Crippen LogP) is 2.89. The first-order valence-corrected chi connectivity index (χ1v) is 8.91. The van der Waals surface area contributed by atoms with E-state index in [1.807, 2.05) is 30.3 Å². The van der Waals surface area contributed by atoms with Crippen LogP contribution >= 0.6 is 0 Å². The average molecular weight is 353 g/mol. The van der Waals surface area contributed by atoms with Gasteiger partial charge in [0, 0.05) is 38.8 Å². The third-order valence-electron chi connectivity index (χ3n) is 5.34. The van der Waals surface area contributed by atoms with Crippen molar-refractivity contribution in [1.29, 1.82) is 0 Å². The van der Waals surface area contributed by atoms with Gasteiger partial charge in [-0.1, -0.05) is 30.3 Å². The number of carboxylic acid groups (broad SMARTS) is 1. The molecule has 1 saturated heterocycles. The summed E-state index contributed by atoms with van der Waals surface area (Å²) in [5, 5.41) is 17.9. The lowest BCUT2D eigenvalue weighted by Crippen LogP contribution is -2.38. The quantitative estimate of drug-likeness (QED) is 0.730. The molecule has 1 fully saturated rings. The second-order valence-electron chi connectivity index (χ2n) is 7.20. The van der Waals surface area contributed by atoms with E-state index in [4.69, 9.17) is 6.42 Å². The predicted molar refractivity (Wildman–Crippen MR) is 96.3 cm³/mol. The minimum atomic E-state index is -0.910. The van der Waals surface area contributed by atoms with Crippen LogP contribution in [0.4, 0.5) is 0 Å². The number of aliphatic carboxylic acids is 1. The molecule has 6 heteroatoms. The van der Waals surface area contributed by atoms with Crippen LogP contribution in [0.2, 0.25) is 0 Å². The van der Waals surface area contributed by atoms with Gasteiger partial charge in [-0.3, -0.25) is 9.59 Å². The number of terminal acetylenes is 1. The maximum absolute atomic E-state index is 12.6. The molecule has 0 bridgehead atoms. The highest BCUT2D eigenvalue weighted by Gasteiger charge is 2.47. The Morgan fingerprint density at radius 3 is 2.58 bits per heavy atom. The largest absolute Gasteiger partial charge is 0.481 e. The Kier molecular flexibility index (Phi) is 5.08. The Morgan fingerprint density at radius 2 is 1.96 bits per heavy atom. The zero-order valence-electron chi connectivity index (χ0n) is 14.7. The van der Waals surface area contributed by atoms with Gasteiger partial charge in [-0.25, -0.2) is 0 Å². The monoisotopic (exact) mass is 353 g/mol. The van der Waals surface area contributed by atoms with Crippen molar-refractivity contribution in [2.24, 2.45) is 15.6 Å². The molecule has 1 unspecified atom stereocenters. The summed E-state index contributed by atoms with van der Waals surface area (Å²) in [4.78, 5) is 26.2. The summed E-state index contributed by atoms with van der Waals surface area (Å²) >= 11 is 0. The van der Waals surface area contributed by atoms with E-state index in [0.717, 1.165) is 5.56 Å². The minimum Gasteiger partial charge on any atom is -0.481 e. The molecule has 1 atom stereocenters. The van der Waals surface area contributed by atoms with Crippen molar-refractivity contribution in [3.05, 3.63) is 35.9 Å². The first kappa shape index (κ1) is 18.1. The van der Waals surface area contributed by atoms with Gasteiger partial charge in [0.1, 0.15) is 0 Å². The molecule has 0 aromatic heterocycles. The van der Waals surface area contributed by atoms with Gasteiger partial charge in [0.05, 0.1) is 5.41 Å². The molecule has 0 radical (unpaired) electrons. The summed E-state index contributed by atoms with van der Waals surface area (Å²) in [6, 6.07) is 9.58. The smallest absolute Gasteiger partial charge is 0.311 e. The van der Waals surface area contributed by atoms with E-state index in [1.54, 1.807) is 4.90 Å². The first-order chi connectivity index (χ1) is 12.5. The van der Waals surface area contributed by atoms with Crippen molar-refractivity contribution in [1.82, 2.24) is 4.90 Å². The fraction of sp³-hybridized carbons (Fsp3) is 0.500. The minimum absolute atomic E-state index is 0.0291. The Balaban J connectivity index is 1.58. The summed E-state index contributed by atoms with van der Waals surface area (Å²) in [7, 11) is 0. The summed E-state index contributed by atoms with van der Waals surface area (Å²) in [5.41, 5.74) is -0.407. The van der Waals surface area contributed by atoms with Gasteiger partial charge in [-0.15, -0.1) is 12.3 Å². The third kappa shape index (κ3) is 3.93. The number of nitrogens with zero attached hydrogens (tertiary/aromatic N) is 3. The lowest BCUT2D eigenvalue weighted by molar-refractivity contribution is -0.148. The summed E-state index contributed by atoms with van der Waals surface area (Å²) < 4.78 is 0. The molecule has 0 aliphatic carbocycles. The van der Waals surface area contributed by atoms with Crippen molar-refractivity contribution in [3.8, 4) is 12.3 Å². The topological polar surface area (TPSA) is 82.3 Å². The second kappa shape index (κ2) is 7.28. The fourth-order valence-corrected chi connectivity index (χ4v) is 3.60. The van der Waals surface area contributed by atoms with Crippen LogP contribution in [0.25, 0.3) is 0 Å². The molecule has 2 aliphatic rings. The molecule has 1 aromatic carbocycles. The van der Waals surface area contributed by atoms with Crippen LogP contribution in [0.1, 0.15) is 37.7 Å². The molecule has 26 heavy (non-hydrogen) atoms. The molecule has 136 valence electrons. The molecule has 6 nitrogen and oxygen atoms in total. The Morgan fingerprint density at radius 1 is 1.23 bits per heavy atom. The van der Waals surface area contributed by atoms with Crippen LogP contribution in [0.15, 0.2) is 40.6 Å². The van der Waals surface area contributed by atoms with Crippen molar-refractivity contribution in [2.75, 3.05) is 13.1 Å². The number of carbonyl (C=O) groups excluding carboxylic acids is 1. The molecule has 2 aliphatic heterocycles. The van der Waals surface area contributed by atoms with E-state index in [9.17, 15) is 14.7 Å². The zero-order chi connectivity index (χ0) is 18.6. The van der Waals surface area contributed by atoms with Gasteiger partial charge in [0.15, 0.2) is 5.66 Å². The van der Waals surface area contributed by atoms with Crippen LogP contribution in [-0.2, 0) is 16.0 Å². The molecule has 1 aromatic rings. The Labute approximate surface area is 153 Å². The third-order valence-corrected chi connectivity index (χ3v) is 5.34. The van der Waals surface area contributed by atoms with Crippen LogP contribution in [0, 0.1) is 17.8 Å². The number of carbonyl (C=O) groups is 2. The van der Waals surface area contributed by atoms with Crippen LogP contribution in [-0.4, -0.2) is 40.6 Å². The molecule has 3 rings (SSSR count). The number of hydrogen-bond acceptors (Lipinski definition) is 4. The van der Waals surface area contributed by atoms with Crippen LogP contribution in [0.5, 0.6) is 0 Å². The SMILES string of the molecule is C#CCCC1(CCC(=O)N2CCC(Cc3ccccc3)(C(=O)O)C2)N=N1. The van der Waals surface area contributed by atoms with E-state index in [2.05, 4.69) is 16.1 Å². The Bertz CT molecular complexity index is 747. The van der Waals surface area contributed by atoms with Gasteiger partial charge in [0.25, 0.3) is 0 Å². The van der Waals surface area contributed by atoms with E-state index in [1.165, 1.54) is 0 Å². The molecule has 2 heterocycles. The van der Waals surface area contributed by atoms with Crippen molar-refractivity contribution in [2.45, 2.75) is 44.2 Å². The zero-order valence-corrected chi connectivity index (χ0v) is 14.7. The average Bonchev–Trinajstić information content (AvgIpc) is 3.29. The van der Waals surface area contributed by atoms with Gasteiger partial charge in [-0.05, 0) is 18.4 Å². The maximum atomic E-state index is 12.6. The normalized spacial score (nSPS) is 22.8. The maximum Gasteiger partial charge on any atom is 0.311 e. The highest BCUT2D eigenvalue weighted by atomic mass is 16.4. The lowest BCUT2D eigenvalue weighted by atomic mass is 9.81. The lowest BCUT2D eigenvalue weighted by Gasteiger charge is -2.25. The summed E-state index contributed by atoms with van der Waals surface area (Å²) in [6.45, 7) is 0.727. The standard InChI is InChI=1S/C20H23N3O3/c1-2-3-10-20(21-22-20)11-9-17(24)23-13-12-19(15-23,18(25)26)14-16-7-5-4-6-8-16/h1,4-8H,3,9-15H2,(H,25,26). The highest BCUT2D eigenvalue weighted by Crippen LogP contribution is 2.39. The van der Waals surface area contributed by atoms with E-state index >= 15 is 0 Å². The van der Waals surface area contributed by atoms with Gasteiger partial charge in [-0.2, -0.15) is 10.2 Å². The highest BCUT2D eigenvalue weighted by molar-refractivity contribution is 5.81. The van der Waals surface area contributed by atoms with E-state index < -0.39 is 17.0 Å². The van der Waals surface area contributed by atoms with Gasteiger partial charge in [0.2, 0.25) is 5.91 Å². The Hall–Kier alpha value is -2.68. The number of benzene rings is 1. The fourth-order valence-electron chi connectivity index (χ4n) is 3.60.